The van der Waals surface area contributed by atoms with Gasteiger partial charge in [-0.05, 0) is 31.4 Å². The van der Waals surface area contributed by atoms with Gasteiger partial charge in [0.25, 0.3) is 5.56 Å². The fourth-order valence-corrected chi connectivity index (χ4v) is 4.47. The highest BCUT2D eigenvalue weighted by atomic mass is 32.1. The minimum absolute atomic E-state index is 0.174. The predicted molar refractivity (Wildman–Crippen MR) is 117 cm³/mol. The number of hydrogen-bond donors (Lipinski definition) is 1. The number of ether oxygens (including phenoxy) is 1. The SMILES string of the molecule is Bc1ccc(CCn2c(=O)n(CC(=O)O)c(=O)c3c(C)c(C(=O)OCC)sc32)cc1. The highest BCUT2D eigenvalue weighted by Gasteiger charge is 2.24. The number of carbonyl (C=O) groups is 2. The average Bonchev–Trinajstić information content (AvgIpc) is 3.04. The molecule has 10 heteroatoms. The number of rotatable bonds is 7. The van der Waals surface area contributed by atoms with E-state index in [1.54, 1.807) is 13.8 Å². The first-order chi connectivity index (χ1) is 14.2. The van der Waals surface area contributed by atoms with Crippen LogP contribution in [0, 0.1) is 6.92 Å². The van der Waals surface area contributed by atoms with Gasteiger partial charge in [-0.1, -0.05) is 29.7 Å². The van der Waals surface area contributed by atoms with E-state index < -0.39 is 29.7 Å². The van der Waals surface area contributed by atoms with Crippen molar-refractivity contribution >= 4 is 46.8 Å². The Kier molecular flexibility index (Phi) is 6.26. The van der Waals surface area contributed by atoms with E-state index in [0.29, 0.717) is 21.4 Å². The third kappa shape index (κ3) is 4.09. The molecule has 1 aromatic carbocycles. The summed E-state index contributed by atoms with van der Waals surface area (Å²) in [6, 6.07) is 7.84. The van der Waals surface area contributed by atoms with Gasteiger partial charge in [0, 0.05) is 6.54 Å². The molecule has 0 unspecified atom stereocenters. The molecule has 2 aromatic heterocycles. The van der Waals surface area contributed by atoms with E-state index in [0.717, 1.165) is 22.4 Å². The zero-order chi connectivity index (χ0) is 22.0. The van der Waals surface area contributed by atoms with Gasteiger partial charge in [-0.25, -0.2) is 14.2 Å². The number of hydrogen-bond acceptors (Lipinski definition) is 6. The molecule has 0 aliphatic rings. The molecule has 0 atom stereocenters. The highest BCUT2D eigenvalue weighted by molar-refractivity contribution is 7.20. The van der Waals surface area contributed by atoms with E-state index in [-0.39, 0.29) is 23.4 Å². The molecule has 0 amide bonds. The van der Waals surface area contributed by atoms with Crippen LogP contribution in [0.15, 0.2) is 33.9 Å². The van der Waals surface area contributed by atoms with E-state index >= 15 is 0 Å². The zero-order valence-electron chi connectivity index (χ0n) is 16.9. The van der Waals surface area contributed by atoms with Gasteiger partial charge in [0.1, 0.15) is 24.1 Å². The summed E-state index contributed by atoms with van der Waals surface area (Å²) < 4.78 is 7.14. The molecule has 3 rings (SSSR count). The predicted octanol–water partition coefficient (Wildman–Crippen LogP) is 0.296. The van der Waals surface area contributed by atoms with E-state index in [1.165, 1.54) is 4.57 Å². The summed E-state index contributed by atoms with van der Waals surface area (Å²) in [7, 11) is 1.98. The summed E-state index contributed by atoms with van der Waals surface area (Å²) in [5.74, 6) is -1.87. The Morgan fingerprint density at radius 2 is 1.83 bits per heavy atom. The summed E-state index contributed by atoms with van der Waals surface area (Å²) in [4.78, 5) is 50.0. The largest absolute Gasteiger partial charge is 0.480 e. The lowest BCUT2D eigenvalue weighted by Crippen LogP contribution is -2.41. The Morgan fingerprint density at radius 3 is 2.43 bits per heavy atom. The number of benzene rings is 1. The van der Waals surface area contributed by atoms with Crippen LogP contribution in [0.4, 0.5) is 0 Å². The van der Waals surface area contributed by atoms with Gasteiger partial charge in [0.05, 0.1) is 12.0 Å². The minimum atomic E-state index is -1.29. The van der Waals surface area contributed by atoms with Gasteiger partial charge in [0.2, 0.25) is 0 Å². The second-order valence-electron chi connectivity index (χ2n) is 6.91. The van der Waals surface area contributed by atoms with Crippen molar-refractivity contribution in [3.8, 4) is 0 Å². The Balaban J connectivity index is 2.19. The molecule has 156 valence electrons. The normalized spacial score (nSPS) is 11.0. The Hall–Kier alpha value is -3.14. The molecule has 0 radical (unpaired) electrons. The van der Waals surface area contributed by atoms with Crippen LogP contribution in [0.3, 0.4) is 0 Å². The lowest BCUT2D eigenvalue weighted by Gasteiger charge is -2.11. The van der Waals surface area contributed by atoms with Crippen molar-refractivity contribution in [2.75, 3.05) is 6.61 Å². The van der Waals surface area contributed by atoms with Crippen LogP contribution in [0.25, 0.3) is 10.2 Å². The molecule has 0 aliphatic carbocycles. The van der Waals surface area contributed by atoms with Crippen molar-refractivity contribution in [1.82, 2.24) is 9.13 Å². The summed E-state index contributed by atoms with van der Waals surface area (Å²) in [6.45, 7) is 2.95. The van der Waals surface area contributed by atoms with Crippen LogP contribution in [0.5, 0.6) is 0 Å². The molecule has 0 fully saturated rings. The number of aliphatic carboxylic acids is 1. The number of carboxylic acids is 1. The van der Waals surface area contributed by atoms with Crippen LogP contribution < -0.4 is 16.7 Å². The molecule has 0 saturated heterocycles. The molecule has 0 aliphatic heterocycles. The van der Waals surface area contributed by atoms with E-state index in [4.69, 9.17) is 9.84 Å². The molecule has 3 aromatic rings. The van der Waals surface area contributed by atoms with Crippen LogP contribution >= 0.6 is 11.3 Å². The fourth-order valence-electron chi connectivity index (χ4n) is 3.25. The number of carbonyl (C=O) groups excluding carboxylic acids is 1. The second kappa shape index (κ2) is 8.70. The first-order valence-electron chi connectivity index (χ1n) is 9.45. The number of nitrogens with zero attached hydrogens (tertiary/aromatic N) is 2. The monoisotopic (exact) mass is 428 g/mol. The van der Waals surface area contributed by atoms with Gasteiger partial charge >= 0.3 is 17.6 Å². The average molecular weight is 428 g/mol. The van der Waals surface area contributed by atoms with E-state index in [9.17, 15) is 19.2 Å². The summed E-state index contributed by atoms with van der Waals surface area (Å²) in [6.07, 6.45) is 0.506. The topological polar surface area (TPSA) is 108 Å². The fraction of sp³-hybridized carbons (Fsp3) is 0.300. The third-order valence-electron chi connectivity index (χ3n) is 4.79. The second-order valence-corrected chi connectivity index (χ2v) is 7.91. The smallest absolute Gasteiger partial charge is 0.348 e. The van der Waals surface area contributed by atoms with Crippen LogP contribution in [-0.2, 0) is 29.0 Å². The number of carboxylic acid groups (broad SMARTS) is 1. The lowest BCUT2D eigenvalue weighted by molar-refractivity contribution is -0.137. The Labute approximate surface area is 176 Å². The van der Waals surface area contributed by atoms with Crippen molar-refractivity contribution < 1.29 is 19.4 Å². The number of thiophene rings is 1. The Morgan fingerprint density at radius 1 is 1.17 bits per heavy atom. The van der Waals surface area contributed by atoms with Crippen molar-refractivity contribution in [3.05, 3.63) is 61.1 Å². The summed E-state index contributed by atoms with van der Waals surface area (Å²) >= 11 is 1.02. The minimum Gasteiger partial charge on any atom is -0.480 e. The molecular formula is C20H21BN2O6S. The maximum absolute atomic E-state index is 13.0. The molecule has 1 N–H and O–H groups in total. The number of aryl methyl sites for hydroxylation is 3. The van der Waals surface area contributed by atoms with E-state index in [2.05, 4.69) is 0 Å². The molecule has 0 spiro atoms. The number of fused-ring (bicyclic) bond motifs is 1. The van der Waals surface area contributed by atoms with E-state index in [1.807, 2.05) is 32.1 Å². The van der Waals surface area contributed by atoms with Gasteiger partial charge in [-0.3, -0.25) is 14.2 Å². The van der Waals surface area contributed by atoms with Crippen LogP contribution in [0.1, 0.15) is 27.7 Å². The third-order valence-corrected chi connectivity index (χ3v) is 6.09. The van der Waals surface area contributed by atoms with Crippen LogP contribution in [0.2, 0.25) is 0 Å². The number of aromatic nitrogens is 2. The standard InChI is InChI=1S/C20H21BN2O6S/c1-3-29-19(27)16-11(2)15-17(26)23(10-14(24)25)20(28)22(18(15)30-16)9-8-12-4-6-13(21)7-5-12/h4-7H,3,8-10,21H2,1-2H3,(H,24,25). The first-order valence-corrected chi connectivity index (χ1v) is 10.3. The van der Waals surface area contributed by atoms with Crippen molar-refractivity contribution in [1.29, 1.82) is 0 Å². The van der Waals surface area contributed by atoms with Gasteiger partial charge < -0.3 is 9.84 Å². The van der Waals surface area contributed by atoms with Crippen molar-refractivity contribution in [2.24, 2.45) is 0 Å². The molecule has 30 heavy (non-hydrogen) atoms. The van der Waals surface area contributed by atoms with Gasteiger partial charge in [0.15, 0.2) is 0 Å². The summed E-state index contributed by atoms with van der Waals surface area (Å²) in [5, 5.41) is 9.34. The van der Waals surface area contributed by atoms with Crippen molar-refractivity contribution in [3.63, 3.8) is 0 Å². The quantitative estimate of drug-likeness (QED) is 0.429. The molecule has 0 bridgehead atoms. The first kappa shape index (κ1) is 21.6. The molecule has 8 nitrogen and oxygen atoms in total. The molecule has 2 heterocycles. The van der Waals surface area contributed by atoms with Crippen molar-refractivity contribution in [2.45, 2.75) is 33.4 Å². The molecule has 0 saturated carbocycles. The molecular weight excluding hydrogens is 407 g/mol. The van der Waals surface area contributed by atoms with Gasteiger partial charge in [-0.2, -0.15) is 0 Å². The lowest BCUT2D eigenvalue weighted by atomic mass is 9.95. The van der Waals surface area contributed by atoms with Crippen LogP contribution in [-0.4, -0.2) is 40.6 Å². The maximum atomic E-state index is 13.0. The maximum Gasteiger partial charge on any atom is 0.348 e. The number of esters is 1. The Bertz CT molecular complexity index is 1240. The summed E-state index contributed by atoms with van der Waals surface area (Å²) in [5.41, 5.74) is 1.07. The zero-order valence-corrected chi connectivity index (χ0v) is 17.7. The highest BCUT2D eigenvalue weighted by Crippen LogP contribution is 2.28. The van der Waals surface area contributed by atoms with Gasteiger partial charge in [-0.15, -0.1) is 11.3 Å².